The molecule has 0 bridgehead atoms. The van der Waals surface area contributed by atoms with Crippen LogP contribution in [-0.4, -0.2) is 4.89 Å². The Labute approximate surface area is 230 Å². The van der Waals surface area contributed by atoms with E-state index >= 15 is 0 Å². The predicted octanol–water partition coefficient (Wildman–Crippen LogP) is 9.22. The van der Waals surface area contributed by atoms with Crippen LogP contribution in [0.25, 0.3) is 11.1 Å². The van der Waals surface area contributed by atoms with Crippen molar-refractivity contribution in [1.82, 2.24) is 0 Å². The lowest BCUT2D eigenvalue weighted by atomic mass is 9.83. The number of phosphoric acid groups is 1. The van der Waals surface area contributed by atoms with Crippen LogP contribution in [0, 0.1) is 0 Å². The van der Waals surface area contributed by atoms with Crippen LogP contribution < -0.4 is 9.05 Å². The first-order valence-electron chi connectivity index (χ1n) is 13.0. The minimum absolute atomic E-state index is 0.0682. The van der Waals surface area contributed by atoms with Crippen LogP contribution in [-0.2, 0) is 4.57 Å². The lowest BCUT2D eigenvalue weighted by Crippen LogP contribution is -2.04. The summed E-state index contributed by atoms with van der Waals surface area (Å²) in [6, 6.07) is 43.1. The van der Waals surface area contributed by atoms with E-state index in [9.17, 15) is 9.46 Å². The minimum Gasteiger partial charge on any atom is -0.395 e. The highest BCUT2D eigenvalue weighted by molar-refractivity contribution is 7.48. The van der Waals surface area contributed by atoms with Gasteiger partial charge < -0.3 is 9.05 Å². The first kappa shape index (κ1) is 26.5. The Kier molecular flexibility index (Phi) is 7.97. The molecule has 5 rings (SSSR count). The molecule has 0 aliphatic carbocycles. The van der Waals surface area contributed by atoms with Gasteiger partial charge >= 0.3 is 7.82 Å². The number of rotatable bonds is 9. The zero-order valence-electron chi connectivity index (χ0n) is 22.0. The maximum Gasteiger partial charge on any atom is 0.584 e. The molecule has 39 heavy (non-hydrogen) atoms. The van der Waals surface area contributed by atoms with Gasteiger partial charge in [0.2, 0.25) is 0 Å². The molecule has 0 radical (unpaired) electrons. The average molecular weight is 535 g/mol. The monoisotopic (exact) mass is 534 g/mol. The minimum atomic E-state index is -4.45. The predicted molar refractivity (Wildman–Crippen MR) is 157 cm³/mol. The fourth-order valence-electron chi connectivity index (χ4n) is 4.84. The van der Waals surface area contributed by atoms with Gasteiger partial charge in [-0.05, 0) is 46.0 Å². The Bertz CT molecular complexity index is 1570. The maximum atomic E-state index is 13.0. The third-order valence-corrected chi connectivity index (χ3v) is 7.87. The van der Waals surface area contributed by atoms with Crippen molar-refractivity contribution < 1.29 is 18.5 Å². The van der Waals surface area contributed by atoms with Crippen molar-refractivity contribution in [3.05, 3.63) is 156 Å². The summed E-state index contributed by atoms with van der Waals surface area (Å²) in [5.74, 6) is 0.812. The van der Waals surface area contributed by atoms with Crippen LogP contribution in [0.3, 0.4) is 0 Å². The number of para-hydroxylation sites is 2. The van der Waals surface area contributed by atoms with Gasteiger partial charge in [-0.25, -0.2) is 4.57 Å². The fourth-order valence-corrected chi connectivity index (χ4v) is 5.67. The smallest absolute Gasteiger partial charge is 0.395 e. The standard InChI is InChI=1S/C34H31O4P/c1-25(27-14-6-3-7-15-27)29-22-23-31(33(24-29)26(2)28-16-8-4-9-17-28)32-20-12-13-21-34(32)38-39(35,36)37-30-18-10-5-11-19-30/h3-26H,1-2H3,(H,35,36). The number of benzene rings is 5. The van der Waals surface area contributed by atoms with E-state index in [0.29, 0.717) is 0 Å². The van der Waals surface area contributed by atoms with E-state index in [4.69, 9.17) is 9.05 Å². The Hall–Kier alpha value is -4.11. The molecule has 5 aromatic rings. The Morgan fingerprint density at radius 2 is 1.10 bits per heavy atom. The van der Waals surface area contributed by atoms with Crippen LogP contribution in [0.2, 0.25) is 0 Å². The second-order valence-electron chi connectivity index (χ2n) is 9.57. The molecule has 3 unspecified atom stereocenters. The molecule has 0 heterocycles. The molecular formula is C34H31O4P. The van der Waals surface area contributed by atoms with Gasteiger partial charge in [-0.2, -0.15) is 0 Å². The molecule has 196 valence electrons. The Morgan fingerprint density at radius 3 is 1.74 bits per heavy atom. The topological polar surface area (TPSA) is 55.8 Å². The van der Waals surface area contributed by atoms with Crippen molar-refractivity contribution in [2.75, 3.05) is 0 Å². The maximum absolute atomic E-state index is 13.0. The highest BCUT2D eigenvalue weighted by Gasteiger charge is 2.27. The Morgan fingerprint density at radius 1 is 0.564 bits per heavy atom. The number of hydrogen-bond donors (Lipinski definition) is 1. The largest absolute Gasteiger partial charge is 0.584 e. The summed E-state index contributed by atoms with van der Waals surface area (Å²) in [6.45, 7) is 4.39. The SMILES string of the molecule is CC(c1ccccc1)c1ccc(-c2ccccc2OP(=O)(O)Oc2ccccc2)c(C(C)c2ccccc2)c1. The molecule has 0 saturated carbocycles. The van der Waals surface area contributed by atoms with Gasteiger partial charge in [0.15, 0.2) is 0 Å². The average Bonchev–Trinajstić information content (AvgIpc) is 2.97. The van der Waals surface area contributed by atoms with Gasteiger partial charge in [-0.3, -0.25) is 4.89 Å². The van der Waals surface area contributed by atoms with Crippen LogP contribution in [0.15, 0.2) is 133 Å². The van der Waals surface area contributed by atoms with Crippen molar-refractivity contribution in [3.63, 3.8) is 0 Å². The van der Waals surface area contributed by atoms with Crippen molar-refractivity contribution in [2.24, 2.45) is 0 Å². The first-order valence-corrected chi connectivity index (χ1v) is 14.5. The molecule has 5 heteroatoms. The lowest BCUT2D eigenvalue weighted by Gasteiger charge is -2.23. The van der Waals surface area contributed by atoms with E-state index in [1.54, 1.807) is 36.4 Å². The van der Waals surface area contributed by atoms with Crippen molar-refractivity contribution in [2.45, 2.75) is 25.7 Å². The third kappa shape index (κ3) is 6.31. The van der Waals surface area contributed by atoms with Gasteiger partial charge in [0.1, 0.15) is 11.5 Å². The molecule has 0 aliphatic heterocycles. The van der Waals surface area contributed by atoms with Crippen molar-refractivity contribution in [3.8, 4) is 22.6 Å². The second-order valence-corrected chi connectivity index (χ2v) is 10.9. The summed E-state index contributed by atoms with van der Waals surface area (Å²) in [7, 11) is -4.45. The zero-order valence-corrected chi connectivity index (χ0v) is 22.9. The van der Waals surface area contributed by atoms with Gasteiger partial charge in [-0.1, -0.05) is 129 Å². The summed E-state index contributed by atoms with van der Waals surface area (Å²) in [6.07, 6.45) is 0. The molecule has 0 aromatic heterocycles. The summed E-state index contributed by atoms with van der Waals surface area (Å²) < 4.78 is 24.0. The molecule has 0 amide bonds. The Balaban J connectivity index is 1.57. The summed E-state index contributed by atoms with van der Waals surface area (Å²) in [5.41, 5.74) is 6.38. The van der Waals surface area contributed by atoms with E-state index < -0.39 is 7.82 Å². The van der Waals surface area contributed by atoms with E-state index in [0.717, 1.165) is 16.7 Å². The highest BCUT2D eigenvalue weighted by atomic mass is 31.2. The fraction of sp³-hybridized carbons (Fsp3) is 0.118. The summed E-state index contributed by atoms with van der Waals surface area (Å²) in [5, 5.41) is 0. The van der Waals surface area contributed by atoms with E-state index in [-0.39, 0.29) is 23.3 Å². The van der Waals surface area contributed by atoms with Gasteiger partial charge in [0.25, 0.3) is 0 Å². The number of phosphoric ester groups is 1. The molecule has 0 aliphatic rings. The molecule has 0 spiro atoms. The second kappa shape index (κ2) is 11.7. The molecule has 0 saturated heterocycles. The van der Waals surface area contributed by atoms with Gasteiger partial charge in [0, 0.05) is 17.4 Å². The quantitative estimate of drug-likeness (QED) is 0.192. The van der Waals surface area contributed by atoms with Gasteiger partial charge in [-0.15, -0.1) is 0 Å². The van der Waals surface area contributed by atoms with Crippen LogP contribution >= 0.6 is 7.82 Å². The zero-order chi connectivity index (χ0) is 27.2. The molecule has 4 nitrogen and oxygen atoms in total. The van der Waals surface area contributed by atoms with Crippen LogP contribution in [0.1, 0.15) is 47.9 Å². The van der Waals surface area contributed by atoms with E-state index in [1.165, 1.54) is 16.7 Å². The molecule has 5 aromatic carbocycles. The number of hydrogen-bond acceptors (Lipinski definition) is 3. The van der Waals surface area contributed by atoms with E-state index in [1.807, 2.05) is 42.5 Å². The van der Waals surface area contributed by atoms with Crippen molar-refractivity contribution >= 4 is 7.82 Å². The highest BCUT2D eigenvalue weighted by Crippen LogP contribution is 2.48. The normalized spacial score (nSPS) is 14.1. The molecule has 1 N–H and O–H groups in total. The molecule has 0 fully saturated rings. The summed E-state index contributed by atoms with van der Waals surface area (Å²) >= 11 is 0. The molecule has 3 atom stereocenters. The van der Waals surface area contributed by atoms with Crippen LogP contribution in [0.4, 0.5) is 0 Å². The summed E-state index contributed by atoms with van der Waals surface area (Å²) in [4.78, 5) is 10.6. The van der Waals surface area contributed by atoms with E-state index in [2.05, 4.69) is 68.4 Å². The van der Waals surface area contributed by atoms with Crippen molar-refractivity contribution in [1.29, 1.82) is 0 Å². The van der Waals surface area contributed by atoms with Gasteiger partial charge in [0.05, 0.1) is 0 Å². The third-order valence-electron chi connectivity index (χ3n) is 7.00. The van der Waals surface area contributed by atoms with Crippen LogP contribution in [0.5, 0.6) is 11.5 Å². The lowest BCUT2D eigenvalue weighted by molar-refractivity contribution is 0.291. The molecular weight excluding hydrogens is 503 g/mol. The first-order chi connectivity index (χ1) is 18.9.